The second-order valence-corrected chi connectivity index (χ2v) is 9.62. The number of nitrogens with one attached hydrogen (secondary N) is 1. The van der Waals surface area contributed by atoms with Gasteiger partial charge in [0.15, 0.2) is 0 Å². The number of hydrogen-bond acceptors (Lipinski definition) is 6. The molecular formula is C25H28N6O2. The third-order valence-electron chi connectivity index (χ3n) is 7.59. The fraction of sp³-hybridized carbons (Fsp3) is 0.440. The lowest BCUT2D eigenvalue weighted by Crippen LogP contribution is -2.35. The zero-order chi connectivity index (χ0) is 22.4. The molecule has 0 spiro atoms. The van der Waals surface area contributed by atoms with Crippen molar-refractivity contribution in [2.24, 2.45) is 11.8 Å². The van der Waals surface area contributed by atoms with Crippen LogP contribution in [-0.4, -0.2) is 61.3 Å². The predicted molar refractivity (Wildman–Crippen MR) is 121 cm³/mol. The molecule has 2 N–H and O–H groups in total. The molecule has 3 aliphatic rings. The third-order valence-corrected chi connectivity index (χ3v) is 7.59. The van der Waals surface area contributed by atoms with Crippen molar-refractivity contribution < 1.29 is 9.90 Å². The monoisotopic (exact) mass is 444 g/mol. The van der Waals surface area contributed by atoms with E-state index in [0.29, 0.717) is 23.9 Å². The number of nitrogens with zero attached hydrogens (tertiary/aromatic N) is 5. The van der Waals surface area contributed by atoms with Gasteiger partial charge in [-0.15, -0.1) is 5.10 Å². The fourth-order valence-corrected chi connectivity index (χ4v) is 5.75. The molecule has 3 aromatic rings. The largest absolute Gasteiger partial charge is 0.387 e. The normalized spacial score (nSPS) is 29.1. The van der Waals surface area contributed by atoms with Crippen LogP contribution in [0.25, 0.3) is 0 Å². The van der Waals surface area contributed by atoms with Crippen LogP contribution < -0.4 is 5.32 Å². The van der Waals surface area contributed by atoms with Gasteiger partial charge < -0.3 is 15.3 Å². The van der Waals surface area contributed by atoms with Crippen molar-refractivity contribution in [3.63, 3.8) is 0 Å². The quantitative estimate of drug-likeness (QED) is 0.604. The van der Waals surface area contributed by atoms with Gasteiger partial charge in [-0.2, -0.15) is 0 Å². The van der Waals surface area contributed by atoms with Crippen molar-refractivity contribution in [2.45, 2.75) is 43.5 Å². The molecule has 0 bridgehead atoms. The summed E-state index contributed by atoms with van der Waals surface area (Å²) in [6, 6.07) is 18.6. The molecule has 2 saturated heterocycles. The molecule has 2 aliphatic heterocycles. The SMILES string of the molecule is O=C(c1ccc(C[C@@H]2CC[C@H]([C@H](O)c3ccccc3)N2)cc1)N1C[C@@H]2C(n3cnnn3)[C@@H]2C1. The Kier molecular flexibility index (Phi) is 5.19. The summed E-state index contributed by atoms with van der Waals surface area (Å²) < 4.78 is 1.83. The van der Waals surface area contributed by atoms with E-state index in [0.717, 1.165) is 43.5 Å². The molecule has 6 atom stereocenters. The van der Waals surface area contributed by atoms with E-state index in [9.17, 15) is 9.90 Å². The number of piperidine rings is 1. The molecule has 1 saturated carbocycles. The molecule has 3 fully saturated rings. The van der Waals surface area contributed by atoms with Gasteiger partial charge in [0.2, 0.25) is 0 Å². The molecule has 1 unspecified atom stereocenters. The molecule has 1 amide bonds. The standard InChI is InChI=1S/C25H28N6O2/c32-24(17-4-2-1-3-5-17)22-11-10-19(27-22)12-16-6-8-18(9-7-16)25(33)30-13-20-21(14-30)23(20)31-15-26-28-29-31/h1-9,15,19-24,27,32H,10-14H2/t19-,20-,21+,22+,23?,24+/m0/s1. The van der Waals surface area contributed by atoms with E-state index in [1.54, 1.807) is 6.33 Å². The lowest BCUT2D eigenvalue weighted by molar-refractivity contribution is 0.0767. The zero-order valence-corrected chi connectivity index (χ0v) is 18.4. The molecule has 3 heterocycles. The number of carbonyl (C=O) groups excluding carboxylic acids is 1. The number of tetrazole rings is 1. The number of carbonyl (C=O) groups is 1. The van der Waals surface area contributed by atoms with Crippen LogP contribution >= 0.6 is 0 Å². The van der Waals surface area contributed by atoms with Crippen LogP contribution in [0.15, 0.2) is 60.9 Å². The minimum absolute atomic E-state index is 0.0805. The van der Waals surface area contributed by atoms with Crippen molar-refractivity contribution in [1.82, 2.24) is 30.4 Å². The van der Waals surface area contributed by atoms with Crippen molar-refractivity contribution >= 4 is 5.91 Å². The first-order valence-electron chi connectivity index (χ1n) is 11.8. The van der Waals surface area contributed by atoms with E-state index >= 15 is 0 Å². The summed E-state index contributed by atoms with van der Waals surface area (Å²) in [4.78, 5) is 14.9. The number of fused-ring (bicyclic) bond motifs is 1. The molecule has 8 heteroatoms. The molecule has 6 rings (SSSR count). The van der Waals surface area contributed by atoms with E-state index < -0.39 is 6.10 Å². The van der Waals surface area contributed by atoms with E-state index in [1.165, 1.54) is 5.56 Å². The zero-order valence-electron chi connectivity index (χ0n) is 18.4. The maximum Gasteiger partial charge on any atom is 0.253 e. The van der Waals surface area contributed by atoms with Gasteiger partial charge in [-0.3, -0.25) is 4.79 Å². The smallest absolute Gasteiger partial charge is 0.253 e. The molecule has 170 valence electrons. The first-order valence-corrected chi connectivity index (χ1v) is 11.8. The lowest BCUT2D eigenvalue weighted by atomic mass is 10.0. The molecule has 0 radical (unpaired) electrons. The van der Waals surface area contributed by atoms with Crippen LogP contribution in [0.2, 0.25) is 0 Å². The summed E-state index contributed by atoms with van der Waals surface area (Å²) in [5.74, 6) is 1.03. The summed E-state index contributed by atoms with van der Waals surface area (Å²) in [7, 11) is 0. The first-order chi connectivity index (χ1) is 16.2. The summed E-state index contributed by atoms with van der Waals surface area (Å²) in [5.41, 5.74) is 2.92. The molecule has 1 aliphatic carbocycles. The number of amides is 1. The predicted octanol–water partition coefficient (Wildman–Crippen LogP) is 2.01. The maximum atomic E-state index is 13.0. The van der Waals surface area contributed by atoms with Crippen LogP contribution in [-0.2, 0) is 6.42 Å². The highest BCUT2D eigenvalue weighted by molar-refractivity contribution is 5.94. The molecule has 1 aromatic heterocycles. The minimum Gasteiger partial charge on any atom is -0.387 e. The second-order valence-electron chi connectivity index (χ2n) is 9.62. The summed E-state index contributed by atoms with van der Waals surface area (Å²) in [6.45, 7) is 1.54. The van der Waals surface area contributed by atoms with Crippen LogP contribution in [0.5, 0.6) is 0 Å². The topological polar surface area (TPSA) is 96.2 Å². The van der Waals surface area contributed by atoms with Crippen LogP contribution in [0.1, 0.15) is 46.5 Å². The first kappa shape index (κ1) is 20.5. The molecular weight excluding hydrogens is 416 g/mol. The number of hydrogen-bond donors (Lipinski definition) is 2. The van der Waals surface area contributed by atoms with Gasteiger partial charge >= 0.3 is 0 Å². The van der Waals surface area contributed by atoms with Crippen molar-refractivity contribution in [1.29, 1.82) is 0 Å². The number of aliphatic hydroxyl groups excluding tert-OH is 1. The highest BCUT2D eigenvalue weighted by Gasteiger charge is 2.58. The van der Waals surface area contributed by atoms with Crippen LogP contribution in [0.3, 0.4) is 0 Å². The van der Waals surface area contributed by atoms with Gasteiger partial charge in [0.05, 0.1) is 12.1 Å². The highest BCUT2D eigenvalue weighted by Crippen LogP contribution is 2.54. The number of aliphatic hydroxyl groups is 1. The Balaban J connectivity index is 1.02. The van der Waals surface area contributed by atoms with Gasteiger partial charge in [-0.1, -0.05) is 42.5 Å². The van der Waals surface area contributed by atoms with Gasteiger partial charge in [-0.05, 0) is 52.9 Å². The van der Waals surface area contributed by atoms with Crippen molar-refractivity contribution in [3.8, 4) is 0 Å². The third kappa shape index (κ3) is 3.94. The number of rotatable bonds is 6. The average molecular weight is 445 g/mol. The molecule has 8 nitrogen and oxygen atoms in total. The number of likely N-dealkylation sites (tertiary alicyclic amines) is 1. The Bertz CT molecular complexity index is 1090. The van der Waals surface area contributed by atoms with E-state index in [4.69, 9.17) is 0 Å². The Hall–Kier alpha value is -3.10. The average Bonchev–Trinajstić information content (AvgIpc) is 3.38. The number of benzene rings is 2. The Morgan fingerprint density at radius 3 is 2.52 bits per heavy atom. The number of aromatic nitrogens is 4. The fourth-order valence-electron chi connectivity index (χ4n) is 5.75. The van der Waals surface area contributed by atoms with E-state index in [2.05, 4.69) is 33.0 Å². The van der Waals surface area contributed by atoms with E-state index in [-0.39, 0.29) is 11.9 Å². The highest BCUT2D eigenvalue weighted by atomic mass is 16.3. The van der Waals surface area contributed by atoms with Gasteiger partial charge in [0.1, 0.15) is 6.33 Å². The second kappa shape index (κ2) is 8.35. The maximum absolute atomic E-state index is 13.0. The Morgan fingerprint density at radius 2 is 1.82 bits per heavy atom. The molecule has 33 heavy (non-hydrogen) atoms. The van der Waals surface area contributed by atoms with Crippen LogP contribution in [0.4, 0.5) is 0 Å². The minimum atomic E-state index is -0.483. The lowest BCUT2D eigenvalue weighted by Gasteiger charge is -2.21. The van der Waals surface area contributed by atoms with Crippen LogP contribution in [0, 0.1) is 11.8 Å². The van der Waals surface area contributed by atoms with E-state index in [1.807, 2.05) is 52.0 Å². The Morgan fingerprint density at radius 1 is 1.06 bits per heavy atom. The summed E-state index contributed by atoms with van der Waals surface area (Å²) >= 11 is 0. The summed E-state index contributed by atoms with van der Waals surface area (Å²) in [5, 5.41) is 25.7. The summed E-state index contributed by atoms with van der Waals surface area (Å²) in [6.07, 6.45) is 4.07. The Labute approximate surface area is 192 Å². The van der Waals surface area contributed by atoms with Gasteiger partial charge in [0, 0.05) is 42.6 Å². The van der Waals surface area contributed by atoms with Crippen molar-refractivity contribution in [3.05, 3.63) is 77.6 Å². The van der Waals surface area contributed by atoms with Gasteiger partial charge in [0.25, 0.3) is 5.91 Å². The van der Waals surface area contributed by atoms with Crippen molar-refractivity contribution in [2.75, 3.05) is 13.1 Å². The molecule has 2 aromatic carbocycles. The van der Waals surface area contributed by atoms with Gasteiger partial charge in [-0.25, -0.2) is 4.68 Å².